The monoisotopic (exact) mass is 244 g/mol. The maximum absolute atomic E-state index is 11.2. The fourth-order valence-electron chi connectivity index (χ4n) is 0.869. The van der Waals surface area contributed by atoms with Crippen LogP contribution in [0.15, 0.2) is 25.8 Å². The zero-order chi connectivity index (χ0) is 9.84. The molecule has 70 valence electrons. The highest BCUT2D eigenvalue weighted by atomic mass is 79.9. The second-order valence-electron chi connectivity index (χ2n) is 2.32. The quantitative estimate of drug-likeness (QED) is 0.803. The molecule has 0 fully saturated rings. The van der Waals surface area contributed by atoms with E-state index in [2.05, 4.69) is 15.9 Å². The van der Waals surface area contributed by atoms with Crippen LogP contribution in [0.25, 0.3) is 6.08 Å². The molecule has 1 rings (SSSR count). The van der Waals surface area contributed by atoms with Gasteiger partial charge in [0.2, 0.25) is 0 Å². The normalized spacial score (nSPS) is 10.7. The van der Waals surface area contributed by atoms with Crippen LogP contribution < -0.4 is 10.4 Å². The number of rotatable bonds is 2. The summed E-state index contributed by atoms with van der Waals surface area (Å²) in [6.45, 7) is 1.84. The molecule has 0 aromatic carbocycles. The highest BCUT2D eigenvalue weighted by molar-refractivity contribution is 9.10. The molecule has 0 aliphatic carbocycles. The van der Waals surface area contributed by atoms with Gasteiger partial charge in [0.25, 0.3) is 0 Å². The Labute approximate surface area is 84.1 Å². The molecule has 0 aliphatic heterocycles. The highest BCUT2D eigenvalue weighted by Crippen LogP contribution is 2.22. The van der Waals surface area contributed by atoms with E-state index in [1.165, 1.54) is 7.11 Å². The van der Waals surface area contributed by atoms with Crippen LogP contribution in [0.4, 0.5) is 0 Å². The summed E-state index contributed by atoms with van der Waals surface area (Å²) in [6, 6.07) is 1.64. The first-order chi connectivity index (χ1) is 6.19. The van der Waals surface area contributed by atoms with Crippen LogP contribution in [0, 0.1) is 0 Å². The average Bonchev–Trinajstić information content (AvgIpc) is 2.11. The smallest absolute Gasteiger partial charge is 0.354 e. The van der Waals surface area contributed by atoms with Crippen molar-refractivity contribution >= 4 is 22.0 Å². The summed E-state index contributed by atoms with van der Waals surface area (Å²) >= 11 is 3.07. The first kappa shape index (κ1) is 10.1. The summed E-state index contributed by atoms with van der Waals surface area (Å²) in [7, 11) is 1.50. The first-order valence-electron chi connectivity index (χ1n) is 3.69. The molecule has 0 atom stereocenters. The Bertz CT molecular complexity index is 379. The Hall–Kier alpha value is -1.03. The highest BCUT2D eigenvalue weighted by Gasteiger charge is 2.07. The summed E-state index contributed by atoms with van der Waals surface area (Å²) in [5.41, 5.74) is -0.438. The minimum Gasteiger partial charge on any atom is -0.495 e. The van der Waals surface area contributed by atoms with E-state index in [9.17, 15) is 4.79 Å². The third kappa shape index (κ3) is 2.21. The van der Waals surface area contributed by atoms with Crippen LogP contribution >= 0.6 is 15.9 Å². The Kier molecular flexibility index (Phi) is 3.31. The van der Waals surface area contributed by atoms with Gasteiger partial charge in [-0.1, -0.05) is 6.08 Å². The van der Waals surface area contributed by atoms with E-state index < -0.39 is 5.63 Å². The van der Waals surface area contributed by atoms with Crippen molar-refractivity contribution in [1.82, 2.24) is 0 Å². The molecule has 0 amide bonds. The summed E-state index contributed by atoms with van der Waals surface area (Å²) in [5, 5.41) is 0. The molecule has 0 N–H and O–H groups in total. The van der Waals surface area contributed by atoms with Gasteiger partial charge in [0.15, 0.2) is 0 Å². The Morgan fingerprint density at radius 3 is 2.85 bits per heavy atom. The summed E-state index contributed by atoms with van der Waals surface area (Å²) in [4.78, 5) is 11.2. The van der Waals surface area contributed by atoms with Gasteiger partial charge in [-0.15, -0.1) is 0 Å². The lowest BCUT2D eigenvalue weighted by molar-refractivity contribution is 0.396. The van der Waals surface area contributed by atoms with Crippen molar-refractivity contribution in [3.8, 4) is 5.75 Å². The molecule has 0 unspecified atom stereocenters. The van der Waals surface area contributed by atoms with Crippen LogP contribution in [-0.4, -0.2) is 7.11 Å². The standard InChI is InChI=1S/C9H9BrO3/c1-3-4-6-5-7(12-2)8(10)9(11)13-6/h3-5H,1-2H3/b4-3+. The van der Waals surface area contributed by atoms with Gasteiger partial charge < -0.3 is 9.15 Å². The number of hydrogen-bond acceptors (Lipinski definition) is 3. The Morgan fingerprint density at radius 2 is 2.31 bits per heavy atom. The van der Waals surface area contributed by atoms with Crippen LogP contribution in [-0.2, 0) is 0 Å². The van der Waals surface area contributed by atoms with Crippen LogP contribution in [0.5, 0.6) is 5.75 Å². The number of allylic oxidation sites excluding steroid dienone is 1. The summed E-state index contributed by atoms with van der Waals surface area (Å²) < 4.78 is 10.2. The molecule has 0 aliphatic rings. The predicted molar refractivity (Wildman–Crippen MR) is 53.9 cm³/mol. The molecule has 0 radical (unpaired) electrons. The lowest BCUT2D eigenvalue weighted by atomic mass is 10.3. The van der Waals surface area contributed by atoms with Gasteiger partial charge in [0.05, 0.1) is 7.11 Å². The molecule has 1 heterocycles. The SMILES string of the molecule is C/C=C/c1cc(OC)c(Br)c(=O)o1. The van der Waals surface area contributed by atoms with Crippen molar-refractivity contribution < 1.29 is 9.15 Å². The minimum absolute atomic E-state index is 0.309. The van der Waals surface area contributed by atoms with Crippen molar-refractivity contribution in [2.75, 3.05) is 7.11 Å². The largest absolute Gasteiger partial charge is 0.495 e. The van der Waals surface area contributed by atoms with E-state index in [1.54, 1.807) is 18.2 Å². The van der Waals surface area contributed by atoms with Crippen molar-refractivity contribution in [3.05, 3.63) is 32.8 Å². The fourth-order valence-corrected chi connectivity index (χ4v) is 1.23. The molecule has 1 aromatic heterocycles. The molecule has 3 nitrogen and oxygen atoms in total. The van der Waals surface area contributed by atoms with E-state index in [1.807, 2.05) is 6.92 Å². The summed E-state index contributed by atoms with van der Waals surface area (Å²) in [5.74, 6) is 0.955. The van der Waals surface area contributed by atoms with E-state index in [0.717, 1.165) is 0 Å². The van der Waals surface area contributed by atoms with E-state index >= 15 is 0 Å². The van der Waals surface area contributed by atoms with Gasteiger partial charge in [-0.25, -0.2) is 4.79 Å². The first-order valence-corrected chi connectivity index (χ1v) is 4.48. The predicted octanol–water partition coefficient (Wildman–Crippen LogP) is 2.44. The summed E-state index contributed by atoms with van der Waals surface area (Å²) in [6.07, 6.45) is 3.47. The van der Waals surface area contributed by atoms with Gasteiger partial charge in [0.1, 0.15) is 16.0 Å². The zero-order valence-corrected chi connectivity index (χ0v) is 8.92. The fraction of sp³-hybridized carbons (Fsp3) is 0.222. The zero-order valence-electron chi connectivity index (χ0n) is 7.33. The van der Waals surface area contributed by atoms with Gasteiger partial charge in [-0.2, -0.15) is 0 Å². The maximum atomic E-state index is 11.2. The number of halogens is 1. The minimum atomic E-state index is -0.438. The van der Waals surface area contributed by atoms with Gasteiger partial charge in [0, 0.05) is 6.07 Å². The van der Waals surface area contributed by atoms with E-state index in [4.69, 9.17) is 9.15 Å². The molecule has 1 aromatic rings. The third-order valence-electron chi connectivity index (χ3n) is 1.43. The van der Waals surface area contributed by atoms with Crippen molar-refractivity contribution in [1.29, 1.82) is 0 Å². The van der Waals surface area contributed by atoms with E-state index in [-0.39, 0.29) is 0 Å². The van der Waals surface area contributed by atoms with Crippen molar-refractivity contribution in [2.45, 2.75) is 6.92 Å². The van der Waals surface area contributed by atoms with Crippen molar-refractivity contribution in [3.63, 3.8) is 0 Å². The molecule has 0 saturated heterocycles. The molecule has 13 heavy (non-hydrogen) atoms. The Balaban J connectivity index is 3.30. The van der Waals surface area contributed by atoms with Crippen LogP contribution in [0.1, 0.15) is 12.7 Å². The van der Waals surface area contributed by atoms with Crippen LogP contribution in [0.3, 0.4) is 0 Å². The molecule has 0 bridgehead atoms. The number of hydrogen-bond donors (Lipinski definition) is 0. The number of methoxy groups -OCH3 is 1. The number of ether oxygens (including phenoxy) is 1. The average molecular weight is 245 g/mol. The second-order valence-corrected chi connectivity index (χ2v) is 3.11. The lowest BCUT2D eigenvalue weighted by Crippen LogP contribution is -2.02. The topological polar surface area (TPSA) is 39.4 Å². The molecular weight excluding hydrogens is 236 g/mol. The molecule has 4 heteroatoms. The second kappa shape index (κ2) is 4.28. The van der Waals surface area contributed by atoms with Gasteiger partial charge >= 0.3 is 5.63 Å². The van der Waals surface area contributed by atoms with Crippen molar-refractivity contribution in [2.24, 2.45) is 0 Å². The molecular formula is C9H9BrO3. The van der Waals surface area contributed by atoms with E-state index in [0.29, 0.717) is 16.0 Å². The maximum Gasteiger partial charge on any atom is 0.354 e. The third-order valence-corrected chi connectivity index (χ3v) is 2.14. The van der Waals surface area contributed by atoms with Gasteiger partial charge in [-0.3, -0.25) is 0 Å². The molecule has 0 spiro atoms. The lowest BCUT2D eigenvalue weighted by Gasteiger charge is -2.01. The van der Waals surface area contributed by atoms with Crippen LogP contribution in [0.2, 0.25) is 0 Å². The molecule has 0 saturated carbocycles. The Morgan fingerprint density at radius 1 is 1.62 bits per heavy atom. The van der Waals surface area contributed by atoms with Gasteiger partial charge in [-0.05, 0) is 28.9 Å².